The van der Waals surface area contributed by atoms with Crippen molar-refractivity contribution in [1.29, 1.82) is 0 Å². The molecule has 0 aliphatic rings. The van der Waals surface area contributed by atoms with Crippen LogP contribution in [0.15, 0.2) is 59.9 Å². The summed E-state index contributed by atoms with van der Waals surface area (Å²) in [7, 11) is -3.34. The predicted octanol–water partition coefficient (Wildman–Crippen LogP) is 4.21. The molecule has 0 aliphatic heterocycles. The number of rotatable bonds is 6. The number of nitrogens with one attached hydrogen (secondary N) is 1. The lowest BCUT2D eigenvalue weighted by Crippen LogP contribution is -2.18. The lowest BCUT2D eigenvalue weighted by atomic mass is 10.2. The van der Waals surface area contributed by atoms with Crippen LogP contribution in [0.2, 0.25) is 5.02 Å². The van der Waals surface area contributed by atoms with Gasteiger partial charge in [0.15, 0.2) is 10.7 Å². The molecule has 0 amide bonds. The summed E-state index contributed by atoms with van der Waals surface area (Å²) in [4.78, 5) is 2.76. The van der Waals surface area contributed by atoms with Gasteiger partial charge in [0.25, 0.3) is 10.0 Å². The molecule has 170 valence electrons. The van der Waals surface area contributed by atoms with Crippen LogP contribution in [0.5, 0.6) is 5.75 Å². The van der Waals surface area contributed by atoms with Gasteiger partial charge in [0.05, 0.1) is 30.2 Å². The molecule has 0 unspecified atom stereocenters. The van der Waals surface area contributed by atoms with Crippen LogP contribution in [0.3, 0.4) is 0 Å². The zero-order chi connectivity index (χ0) is 23.8. The lowest BCUT2D eigenvalue weighted by molar-refractivity contribution is 0.413. The Kier molecular flexibility index (Phi) is 5.95. The summed E-state index contributed by atoms with van der Waals surface area (Å²) in [6.07, 6.45) is 4.32. The molecule has 1 N–H and O–H groups in total. The highest BCUT2D eigenvalue weighted by Gasteiger charge is 2.26. The van der Waals surface area contributed by atoms with Gasteiger partial charge in [-0.25, -0.2) is 26.3 Å². The fourth-order valence-corrected chi connectivity index (χ4v) is 4.37. The highest BCUT2D eigenvalue weighted by Crippen LogP contribution is 2.32. The van der Waals surface area contributed by atoms with Gasteiger partial charge in [0, 0.05) is 11.8 Å². The minimum absolute atomic E-state index is 0.118. The van der Waals surface area contributed by atoms with Crippen molar-refractivity contribution in [3.63, 3.8) is 0 Å². The number of nitrogens with zero attached hydrogens (tertiary/aromatic N) is 4. The van der Waals surface area contributed by atoms with Crippen LogP contribution in [0, 0.1) is 17.5 Å². The molecule has 0 bridgehead atoms. The maximum atomic E-state index is 15.3. The maximum Gasteiger partial charge on any atom is 0.267 e. The highest BCUT2D eigenvalue weighted by atomic mass is 35.5. The van der Waals surface area contributed by atoms with E-state index in [9.17, 15) is 17.2 Å². The molecular formula is C20H13ClF3N5O3S. The van der Waals surface area contributed by atoms with Crippen LogP contribution in [0.4, 0.5) is 18.9 Å². The van der Waals surface area contributed by atoms with E-state index in [1.165, 1.54) is 31.8 Å². The van der Waals surface area contributed by atoms with Gasteiger partial charge < -0.3 is 4.74 Å². The Balaban J connectivity index is 1.73. The molecule has 0 aliphatic carbocycles. The van der Waals surface area contributed by atoms with Crippen LogP contribution >= 0.6 is 11.6 Å². The van der Waals surface area contributed by atoms with Crippen LogP contribution < -0.4 is 9.46 Å². The summed E-state index contributed by atoms with van der Waals surface area (Å²) in [5.74, 6) is -3.33. The van der Waals surface area contributed by atoms with Gasteiger partial charge in [0.2, 0.25) is 0 Å². The van der Waals surface area contributed by atoms with E-state index in [0.717, 1.165) is 28.9 Å². The van der Waals surface area contributed by atoms with Crippen molar-refractivity contribution in [3.05, 3.63) is 77.5 Å². The molecule has 8 nitrogen and oxygen atoms in total. The Labute approximate surface area is 190 Å². The van der Waals surface area contributed by atoms with E-state index in [1.807, 2.05) is 4.72 Å². The average Bonchev–Trinajstić information content (AvgIpc) is 3.25. The number of anilines is 1. The van der Waals surface area contributed by atoms with Crippen LogP contribution in [0.1, 0.15) is 0 Å². The molecule has 4 rings (SSSR count). The van der Waals surface area contributed by atoms with Gasteiger partial charge in [-0.2, -0.15) is 0 Å². The molecule has 0 spiro atoms. The summed E-state index contributed by atoms with van der Waals surface area (Å²) in [6, 6.07) is 6.39. The fraction of sp³-hybridized carbons (Fsp3) is 0.0500. The summed E-state index contributed by atoms with van der Waals surface area (Å²) in [6.45, 7) is 0. The third kappa shape index (κ3) is 4.34. The molecule has 0 fully saturated rings. The number of hydrogen-bond acceptors (Lipinski definition) is 6. The Morgan fingerprint density at radius 1 is 1.09 bits per heavy atom. The van der Waals surface area contributed by atoms with E-state index >= 15 is 4.39 Å². The smallest absolute Gasteiger partial charge is 0.267 e. The van der Waals surface area contributed by atoms with E-state index in [2.05, 4.69) is 15.3 Å². The van der Waals surface area contributed by atoms with Crippen LogP contribution in [0.25, 0.3) is 16.9 Å². The second-order valence-corrected chi connectivity index (χ2v) is 8.60. The summed E-state index contributed by atoms with van der Waals surface area (Å²) >= 11 is 6.12. The van der Waals surface area contributed by atoms with Crippen molar-refractivity contribution in [1.82, 2.24) is 20.0 Å². The van der Waals surface area contributed by atoms with Crippen molar-refractivity contribution in [2.75, 3.05) is 11.8 Å². The first kappa shape index (κ1) is 22.6. The zero-order valence-electron chi connectivity index (χ0n) is 16.6. The first-order valence-corrected chi connectivity index (χ1v) is 10.9. The number of pyridine rings is 1. The number of methoxy groups -OCH3 is 1. The average molecular weight is 496 g/mol. The predicted molar refractivity (Wildman–Crippen MR) is 113 cm³/mol. The third-order valence-corrected chi connectivity index (χ3v) is 6.19. The van der Waals surface area contributed by atoms with Gasteiger partial charge in [0.1, 0.15) is 28.8 Å². The van der Waals surface area contributed by atoms with Crippen LogP contribution in [-0.4, -0.2) is 35.5 Å². The van der Waals surface area contributed by atoms with Gasteiger partial charge in [-0.05, 0) is 30.3 Å². The molecular weight excluding hydrogens is 483 g/mol. The molecule has 0 atom stereocenters. The number of hydrogen-bond donors (Lipinski definition) is 1. The van der Waals surface area contributed by atoms with E-state index in [-0.39, 0.29) is 10.7 Å². The normalized spacial score (nSPS) is 11.4. The largest absolute Gasteiger partial charge is 0.495 e. The lowest BCUT2D eigenvalue weighted by Gasteiger charge is -2.13. The highest BCUT2D eigenvalue weighted by molar-refractivity contribution is 7.92. The Bertz CT molecular complexity index is 1440. The first-order chi connectivity index (χ1) is 15.7. The van der Waals surface area contributed by atoms with Crippen molar-refractivity contribution < 1.29 is 26.3 Å². The van der Waals surface area contributed by atoms with Gasteiger partial charge in [-0.3, -0.25) is 9.71 Å². The summed E-state index contributed by atoms with van der Waals surface area (Å²) in [5, 5.41) is 7.67. The van der Waals surface area contributed by atoms with Gasteiger partial charge in [-0.15, -0.1) is 5.10 Å². The Morgan fingerprint density at radius 2 is 1.82 bits per heavy atom. The number of halogens is 4. The van der Waals surface area contributed by atoms with Crippen molar-refractivity contribution in [2.24, 2.45) is 0 Å². The van der Waals surface area contributed by atoms with Crippen LogP contribution in [-0.2, 0) is 10.0 Å². The fourth-order valence-electron chi connectivity index (χ4n) is 2.94. The molecule has 33 heavy (non-hydrogen) atoms. The van der Waals surface area contributed by atoms with Gasteiger partial charge >= 0.3 is 0 Å². The standard InChI is InChI=1S/C20H13ClF3N5O3S/c1-32-12-7-11(8-25-9-12)17-10-29(28-26-17)19-13(21)5-6-16(18(19)24)27-33(30,31)20-14(22)3-2-4-15(20)23/h2-10,27H,1H3. The molecule has 2 aromatic heterocycles. The van der Waals surface area contributed by atoms with Gasteiger partial charge in [-0.1, -0.05) is 22.9 Å². The Morgan fingerprint density at radius 3 is 2.52 bits per heavy atom. The topological polar surface area (TPSA) is 99.0 Å². The zero-order valence-corrected chi connectivity index (χ0v) is 18.2. The molecule has 0 saturated heterocycles. The van der Waals surface area contributed by atoms with Crippen molar-refractivity contribution >= 4 is 27.3 Å². The molecule has 4 aromatic rings. The van der Waals surface area contributed by atoms with Crippen molar-refractivity contribution in [2.45, 2.75) is 4.90 Å². The second-order valence-electron chi connectivity index (χ2n) is 6.58. The van der Waals surface area contributed by atoms with E-state index in [4.69, 9.17) is 16.3 Å². The first-order valence-electron chi connectivity index (χ1n) is 9.08. The number of ether oxygens (including phenoxy) is 1. The molecule has 13 heteroatoms. The minimum Gasteiger partial charge on any atom is -0.495 e. The number of aromatic nitrogens is 4. The van der Waals surface area contributed by atoms with E-state index in [0.29, 0.717) is 17.0 Å². The van der Waals surface area contributed by atoms with E-state index < -0.39 is 38.1 Å². The SMILES string of the molecule is COc1cncc(-c2cn(-c3c(Cl)ccc(NS(=O)(=O)c4c(F)cccc4F)c3F)nn2)c1. The maximum absolute atomic E-state index is 15.3. The summed E-state index contributed by atoms with van der Waals surface area (Å²) in [5.41, 5.74) is -0.113. The molecule has 2 aromatic carbocycles. The second kappa shape index (κ2) is 8.71. The molecule has 0 radical (unpaired) electrons. The molecule has 2 heterocycles. The van der Waals surface area contributed by atoms with E-state index in [1.54, 1.807) is 6.07 Å². The molecule has 0 saturated carbocycles. The Hall–Kier alpha value is -3.64. The quantitative estimate of drug-likeness (QED) is 0.430. The van der Waals surface area contributed by atoms with Crippen molar-refractivity contribution in [3.8, 4) is 22.7 Å². The third-order valence-electron chi connectivity index (χ3n) is 4.47. The number of benzene rings is 2. The monoisotopic (exact) mass is 495 g/mol. The minimum atomic E-state index is -4.80. The number of sulfonamides is 1. The summed E-state index contributed by atoms with van der Waals surface area (Å²) < 4.78 is 76.2.